The molecule has 200 valence electrons. The van der Waals surface area contributed by atoms with Crippen molar-refractivity contribution in [2.24, 2.45) is 0 Å². The second-order valence-corrected chi connectivity index (χ2v) is 10.8. The van der Waals surface area contributed by atoms with Crippen LogP contribution in [0.5, 0.6) is 0 Å². The highest BCUT2D eigenvalue weighted by Gasteiger charge is 2.21. The summed E-state index contributed by atoms with van der Waals surface area (Å²) in [6.07, 6.45) is 0. The van der Waals surface area contributed by atoms with Gasteiger partial charge in [0, 0.05) is 16.2 Å². The maximum atomic E-state index is 9.78. The molecule has 0 spiro atoms. The van der Waals surface area contributed by atoms with Gasteiger partial charge in [-0.2, -0.15) is 0 Å². The van der Waals surface area contributed by atoms with Gasteiger partial charge in [0.1, 0.15) is 11.2 Å². The van der Waals surface area contributed by atoms with E-state index in [1.807, 2.05) is 66.7 Å². The second-order valence-electron chi connectivity index (χ2n) is 10.8. The van der Waals surface area contributed by atoms with Crippen LogP contribution in [0.2, 0.25) is 0 Å². The van der Waals surface area contributed by atoms with E-state index in [0.29, 0.717) is 22.1 Å². The Kier molecular flexibility index (Phi) is 4.27. The highest BCUT2D eigenvalue weighted by Crippen LogP contribution is 2.48. The van der Waals surface area contributed by atoms with Gasteiger partial charge in [0.25, 0.3) is 0 Å². The number of fused-ring (bicyclic) bond motifs is 7. The monoisotopic (exact) mass is 551 g/mol. The molecule has 0 aliphatic rings. The second kappa shape index (κ2) is 9.44. The Hall–Kier alpha value is -5.66. The summed E-state index contributed by atoms with van der Waals surface area (Å²) < 4.78 is 51.0. The highest BCUT2D eigenvalue weighted by molar-refractivity contribution is 6.28. The normalized spacial score (nSPS) is 13.3. The van der Waals surface area contributed by atoms with Crippen molar-refractivity contribution in [1.82, 2.24) is 0 Å². The third kappa shape index (κ3) is 3.65. The first kappa shape index (κ1) is 19.5. The molecule has 0 saturated heterocycles. The van der Waals surface area contributed by atoms with Gasteiger partial charge in [-0.3, -0.25) is 0 Å². The van der Waals surface area contributed by atoms with Crippen LogP contribution in [0, 0.1) is 0 Å². The van der Waals surface area contributed by atoms with E-state index in [4.69, 9.17) is 9.90 Å². The van der Waals surface area contributed by atoms with Crippen LogP contribution in [0.25, 0.3) is 87.6 Å². The van der Waals surface area contributed by atoms with E-state index in [2.05, 4.69) is 60.7 Å². The van der Waals surface area contributed by atoms with Gasteiger partial charge in [-0.05, 0) is 78.5 Å². The van der Waals surface area contributed by atoms with Crippen LogP contribution in [0.15, 0.2) is 162 Å². The van der Waals surface area contributed by atoms with Gasteiger partial charge in [0.05, 0.1) is 6.85 Å². The molecule has 0 bridgehead atoms. The molecule has 8 aromatic carbocycles. The smallest absolute Gasteiger partial charge is 0.143 e. The molecule has 1 aromatic heterocycles. The average molecular weight is 552 g/mol. The van der Waals surface area contributed by atoms with Crippen LogP contribution in [-0.2, 0) is 0 Å². The molecule has 0 aliphatic heterocycles. The summed E-state index contributed by atoms with van der Waals surface area (Å²) in [6.45, 7) is 0. The van der Waals surface area contributed by atoms with Gasteiger partial charge in [-0.25, -0.2) is 0 Å². The Morgan fingerprint density at radius 1 is 0.465 bits per heavy atom. The molecule has 0 saturated carbocycles. The lowest BCUT2D eigenvalue weighted by Crippen LogP contribution is -1.92. The zero-order chi connectivity index (χ0) is 32.7. The molecule has 0 radical (unpaired) electrons. The number of para-hydroxylation sites is 1. The minimum absolute atomic E-state index is 0.0465. The summed E-state index contributed by atoms with van der Waals surface area (Å²) in [4.78, 5) is 0. The SMILES string of the molecule is [2H]c1c([2H])c([2H])c2c(c1[2H])c([2H])c(-c1c3ccccc3c(-c3cccc(-c4ccccc4)c3)c3ccccc13)c1c3ccccc3oc21. The number of hydrogen-bond donors (Lipinski definition) is 0. The Labute approximate surface area is 256 Å². The van der Waals surface area contributed by atoms with Gasteiger partial charge in [-0.1, -0.05) is 139 Å². The van der Waals surface area contributed by atoms with Crippen molar-refractivity contribution in [1.29, 1.82) is 0 Å². The minimum atomic E-state index is -0.370. The number of benzene rings is 8. The van der Waals surface area contributed by atoms with Crippen molar-refractivity contribution >= 4 is 54.3 Å². The van der Waals surface area contributed by atoms with Gasteiger partial charge >= 0.3 is 0 Å². The van der Waals surface area contributed by atoms with E-state index in [1.54, 1.807) is 0 Å². The molecule has 0 fully saturated rings. The lowest BCUT2D eigenvalue weighted by molar-refractivity contribution is 0.673. The van der Waals surface area contributed by atoms with Gasteiger partial charge in [0.15, 0.2) is 0 Å². The van der Waals surface area contributed by atoms with Crippen molar-refractivity contribution in [2.45, 2.75) is 0 Å². The topological polar surface area (TPSA) is 13.1 Å². The fraction of sp³-hybridized carbons (Fsp3) is 0. The molecule has 0 unspecified atom stereocenters. The van der Waals surface area contributed by atoms with E-state index in [9.17, 15) is 1.37 Å². The van der Waals surface area contributed by atoms with Crippen molar-refractivity contribution in [3.63, 3.8) is 0 Å². The molecule has 1 heteroatoms. The molecule has 0 amide bonds. The van der Waals surface area contributed by atoms with Crippen molar-refractivity contribution in [2.75, 3.05) is 0 Å². The van der Waals surface area contributed by atoms with E-state index in [1.165, 1.54) is 0 Å². The number of rotatable bonds is 3. The van der Waals surface area contributed by atoms with Crippen LogP contribution in [0.4, 0.5) is 0 Å². The van der Waals surface area contributed by atoms with Crippen LogP contribution < -0.4 is 0 Å². The first-order chi connectivity index (χ1) is 23.4. The number of hydrogen-bond acceptors (Lipinski definition) is 1. The molecule has 1 nitrogen and oxygen atoms in total. The third-order valence-electron chi connectivity index (χ3n) is 8.45. The van der Waals surface area contributed by atoms with E-state index < -0.39 is 0 Å². The lowest BCUT2D eigenvalue weighted by atomic mass is 9.84. The van der Waals surface area contributed by atoms with Crippen molar-refractivity contribution in [3.05, 3.63) is 158 Å². The molecule has 0 aliphatic carbocycles. The van der Waals surface area contributed by atoms with Gasteiger partial charge in [-0.15, -0.1) is 0 Å². The summed E-state index contributed by atoms with van der Waals surface area (Å²) in [7, 11) is 0. The quantitative estimate of drug-likeness (QED) is 0.199. The predicted octanol–water partition coefficient (Wildman–Crippen LogP) is 12.0. The molecule has 9 aromatic rings. The zero-order valence-corrected chi connectivity index (χ0v) is 23.0. The first-order valence-corrected chi connectivity index (χ1v) is 14.4. The Morgan fingerprint density at radius 3 is 1.79 bits per heavy atom. The molecule has 9 rings (SSSR count). The van der Waals surface area contributed by atoms with Crippen LogP contribution in [0.1, 0.15) is 6.85 Å². The molecule has 0 N–H and O–H groups in total. The number of furan rings is 1. The summed E-state index contributed by atoms with van der Waals surface area (Å²) in [5, 5.41) is 5.76. The van der Waals surface area contributed by atoms with Gasteiger partial charge in [0.2, 0.25) is 0 Å². The maximum Gasteiger partial charge on any atom is 0.143 e. The molecular formula is C42H26O. The van der Waals surface area contributed by atoms with E-state index >= 15 is 0 Å². The van der Waals surface area contributed by atoms with Gasteiger partial charge < -0.3 is 4.42 Å². The molecule has 43 heavy (non-hydrogen) atoms. The summed E-state index contributed by atoms with van der Waals surface area (Å²) >= 11 is 0. The molecular weight excluding hydrogens is 520 g/mol. The van der Waals surface area contributed by atoms with Crippen LogP contribution in [0.3, 0.4) is 0 Å². The summed E-state index contributed by atoms with van der Waals surface area (Å²) in [6, 6.07) is 41.9. The molecule has 0 atom stereocenters. The fourth-order valence-corrected chi connectivity index (χ4v) is 6.61. The van der Waals surface area contributed by atoms with Crippen LogP contribution >= 0.6 is 0 Å². The van der Waals surface area contributed by atoms with Crippen LogP contribution in [-0.4, -0.2) is 0 Å². The van der Waals surface area contributed by atoms with Crippen molar-refractivity contribution < 1.29 is 11.3 Å². The third-order valence-corrected chi connectivity index (χ3v) is 8.45. The standard InChI is InChI=1S/C42H26O/c1-2-13-27(14-3-1)28-16-12-17-30(25-28)39-32-19-6-8-21-34(32)40(35-22-9-7-20-33(35)39)37-26-29-15-4-5-18-31(29)42-41(37)36-23-10-11-24-38(36)43-42/h1-26H/i4D,5D,15D,18D,26D. The summed E-state index contributed by atoms with van der Waals surface area (Å²) in [5.41, 5.74) is 6.79. The van der Waals surface area contributed by atoms with E-state index in [0.717, 1.165) is 54.7 Å². The maximum absolute atomic E-state index is 9.78. The summed E-state index contributed by atoms with van der Waals surface area (Å²) in [5.74, 6) is 0. The predicted molar refractivity (Wildman–Crippen MR) is 183 cm³/mol. The zero-order valence-electron chi connectivity index (χ0n) is 28.0. The lowest BCUT2D eigenvalue weighted by Gasteiger charge is -2.19. The average Bonchev–Trinajstić information content (AvgIpc) is 3.51. The largest absolute Gasteiger partial charge is 0.455 e. The van der Waals surface area contributed by atoms with E-state index in [-0.39, 0.29) is 41.0 Å². The fourth-order valence-electron chi connectivity index (χ4n) is 6.61. The minimum Gasteiger partial charge on any atom is -0.455 e. The molecule has 1 heterocycles. The Bertz CT molecular complexity index is 2730. The Morgan fingerprint density at radius 2 is 1.05 bits per heavy atom. The highest BCUT2D eigenvalue weighted by atomic mass is 16.3. The van der Waals surface area contributed by atoms with Crippen molar-refractivity contribution in [3.8, 4) is 33.4 Å². The first-order valence-electron chi connectivity index (χ1n) is 16.9. The Balaban J connectivity index is 1.49.